The summed E-state index contributed by atoms with van der Waals surface area (Å²) in [6.07, 6.45) is 0. The smallest absolute Gasteiger partial charge is 0.333 e. The molecule has 9 aromatic carbocycles. The van der Waals surface area contributed by atoms with Crippen LogP contribution in [-0.2, 0) is 16.2 Å². The molecule has 12 rings (SSSR count). The molecule has 0 saturated heterocycles. The van der Waals surface area contributed by atoms with E-state index in [1.165, 1.54) is 117 Å². The second-order valence-electron chi connectivity index (χ2n) is 21.8. The van der Waals surface area contributed by atoms with Gasteiger partial charge in [0.15, 0.2) is 0 Å². The van der Waals surface area contributed by atoms with Gasteiger partial charge in [-0.05, 0) is 137 Å². The first-order valence-corrected chi connectivity index (χ1v) is 24.4. The number of hydrogen-bond donors (Lipinski definition) is 0. The van der Waals surface area contributed by atoms with Crippen LogP contribution in [0.1, 0.15) is 77.6 Å². The largest absolute Gasteiger partial charge is 0.376 e. The van der Waals surface area contributed by atoms with Crippen molar-refractivity contribution in [3.05, 3.63) is 222 Å². The van der Waals surface area contributed by atoms with E-state index in [4.69, 9.17) is 0 Å². The standard InChI is InChI=1S/C65H57BN2/c1-63(2,3)47-29-32-49(33-30-47)68-58-36-28-45(42-20-12-9-13-21-42)38-53(58)54-39-46(43-22-14-10-15-23-43)40-59-61(54)66(68)56-35-34-51-50-26-18-19-27-55(50)65(7,8)60(51)62(56)67(59)57-37-31-48(64(4,5)6)41-52(57)44-24-16-11-17-25-44/h9-41H,1-8H3. The number of nitrogens with zero attached hydrogens (tertiary/aromatic N) is 2. The van der Waals surface area contributed by atoms with Crippen molar-refractivity contribution in [3.63, 3.8) is 0 Å². The van der Waals surface area contributed by atoms with Gasteiger partial charge >= 0.3 is 6.85 Å². The fraction of sp³-hybridized carbons (Fsp3) is 0.169. The quantitative estimate of drug-likeness (QED) is 0.159. The average Bonchev–Trinajstić information content (AvgIpc) is 3.59. The Hall–Kier alpha value is -7.36. The lowest BCUT2D eigenvalue weighted by Gasteiger charge is -2.47. The predicted molar refractivity (Wildman–Crippen MR) is 291 cm³/mol. The van der Waals surface area contributed by atoms with Crippen LogP contribution in [0.2, 0.25) is 0 Å². The highest BCUT2D eigenvalue weighted by atomic mass is 15.2. The molecule has 0 fully saturated rings. The molecule has 68 heavy (non-hydrogen) atoms. The molecule has 0 aromatic heterocycles. The lowest BCUT2D eigenvalue weighted by molar-refractivity contribution is 0.590. The van der Waals surface area contributed by atoms with Gasteiger partial charge in [-0.15, -0.1) is 0 Å². The Labute approximate surface area is 403 Å². The zero-order chi connectivity index (χ0) is 46.7. The molecular formula is C65H57BN2. The molecule has 0 N–H and O–H groups in total. The molecule has 0 atom stereocenters. The molecule has 3 heteroatoms. The minimum atomic E-state index is -0.290. The van der Waals surface area contributed by atoms with E-state index in [9.17, 15) is 0 Å². The number of rotatable bonds is 5. The molecule has 3 aliphatic rings. The van der Waals surface area contributed by atoms with Crippen LogP contribution in [0.25, 0.3) is 55.6 Å². The molecule has 0 spiro atoms. The first-order valence-electron chi connectivity index (χ1n) is 24.4. The Bertz CT molecular complexity index is 3430. The van der Waals surface area contributed by atoms with Gasteiger partial charge in [0.2, 0.25) is 0 Å². The molecule has 9 aromatic rings. The number of fused-ring (bicyclic) bond motifs is 8. The highest BCUT2D eigenvalue weighted by Crippen LogP contribution is 2.57. The summed E-state index contributed by atoms with van der Waals surface area (Å²) in [7, 11) is 0. The van der Waals surface area contributed by atoms with Crippen LogP contribution in [0.4, 0.5) is 28.4 Å². The van der Waals surface area contributed by atoms with Gasteiger partial charge in [0, 0.05) is 39.3 Å². The van der Waals surface area contributed by atoms with Crippen molar-refractivity contribution in [2.24, 2.45) is 0 Å². The summed E-state index contributed by atoms with van der Waals surface area (Å²) in [6, 6.07) is 75.9. The van der Waals surface area contributed by atoms with Gasteiger partial charge in [-0.3, -0.25) is 0 Å². The zero-order valence-electron chi connectivity index (χ0n) is 40.5. The van der Waals surface area contributed by atoms with E-state index < -0.39 is 0 Å². The molecule has 0 amide bonds. The highest BCUT2D eigenvalue weighted by Gasteiger charge is 2.50. The van der Waals surface area contributed by atoms with E-state index in [0.29, 0.717) is 0 Å². The zero-order valence-corrected chi connectivity index (χ0v) is 40.5. The van der Waals surface area contributed by atoms with Crippen LogP contribution in [-0.4, -0.2) is 6.85 Å². The molecule has 330 valence electrons. The van der Waals surface area contributed by atoms with Crippen molar-refractivity contribution in [2.75, 3.05) is 9.71 Å². The van der Waals surface area contributed by atoms with Crippen molar-refractivity contribution in [1.82, 2.24) is 0 Å². The van der Waals surface area contributed by atoms with Gasteiger partial charge < -0.3 is 9.71 Å². The summed E-state index contributed by atoms with van der Waals surface area (Å²) < 4.78 is 0. The Morgan fingerprint density at radius 1 is 0.397 bits per heavy atom. The summed E-state index contributed by atoms with van der Waals surface area (Å²) in [6.45, 7) is 18.7. The Kier molecular flexibility index (Phi) is 9.48. The third-order valence-electron chi connectivity index (χ3n) is 15.1. The molecule has 1 aliphatic carbocycles. The van der Waals surface area contributed by atoms with E-state index in [0.717, 1.165) is 0 Å². The van der Waals surface area contributed by atoms with E-state index in [1.807, 2.05) is 0 Å². The normalized spacial score (nSPS) is 14.2. The molecule has 2 aliphatic heterocycles. The fourth-order valence-electron chi connectivity index (χ4n) is 11.6. The van der Waals surface area contributed by atoms with E-state index in [2.05, 4.69) is 265 Å². The monoisotopic (exact) mass is 876 g/mol. The first-order chi connectivity index (χ1) is 32.8. The van der Waals surface area contributed by atoms with Crippen molar-refractivity contribution < 1.29 is 0 Å². The third-order valence-corrected chi connectivity index (χ3v) is 15.1. The SMILES string of the molecule is CC(C)(C)c1ccc(N2B3c4ccc5c(c4N(c4ccc(C(C)(C)C)cc4-c4ccccc4)c4cc(-c6ccccc6)cc(c43)-c3cc(-c4ccccc4)ccc32)C(C)(C)c2ccccc2-5)cc1. The lowest BCUT2D eigenvalue weighted by Crippen LogP contribution is -2.62. The Morgan fingerprint density at radius 2 is 0.971 bits per heavy atom. The van der Waals surface area contributed by atoms with E-state index >= 15 is 0 Å². The molecule has 0 unspecified atom stereocenters. The van der Waals surface area contributed by atoms with Crippen LogP contribution < -0.4 is 20.6 Å². The second-order valence-corrected chi connectivity index (χ2v) is 21.8. The van der Waals surface area contributed by atoms with Crippen LogP contribution in [0.3, 0.4) is 0 Å². The van der Waals surface area contributed by atoms with Gasteiger partial charge in [0.05, 0.1) is 5.69 Å². The minimum absolute atomic E-state index is 0.0224. The Balaban J connectivity index is 1.25. The molecule has 0 bridgehead atoms. The number of hydrogen-bond acceptors (Lipinski definition) is 2. The van der Waals surface area contributed by atoms with Crippen LogP contribution in [0.5, 0.6) is 0 Å². The van der Waals surface area contributed by atoms with Crippen molar-refractivity contribution >= 4 is 46.2 Å². The van der Waals surface area contributed by atoms with Gasteiger partial charge in [0.25, 0.3) is 0 Å². The van der Waals surface area contributed by atoms with Crippen molar-refractivity contribution in [3.8, 4) is 55.6 Å². The third kappa shape index (κ3) is 6.54. The highest BCUT2D eigenvalue weighted by molar-refractivity contribution is 6.93. The maximum Gasteiger partial charge on any atom is 0.333 e. The molecule has 2 heterocycles. The minimum Gasteiger partial charge on any atom is -0.376 e. The molecular weight excluding hydrogens is 820 g/mol. The van der Waals surface area contributed by atoms with E-state index in [-0.39, 0.29) is 23.1 Å². The van der Waals surface area contributed by atoms with Gasteiger partial charge in [-0.2, -0.15) is 0 Å². The lowest BCUT2D eigenvalue weighted by atomic mass is 9.42. The summed E-state index contributed by atoms with van der Waals surface area (Å²) in [5, 5.41) is 0. The second kappa shape index (κ2) is 15.3. The predicted octanol–water partition coefficient (Wildman–Crippen LogP) is 16.3. The molecule has 2 nitrogen and oxygen atoms in total. The maximum absolute atomic E-state index is 2.70. The van der Waals surface area contributed by atoms with Gasteiger partial charge in [-0.25, -0.2) is 0 Å². The topological polar surface area (TPSA) is 6.48 Å². The maximum atomic E-state index is 2.70. The first kappa shape index (κ1) is 42.0. The molecule has 0 saturated carbocycles. The average molecular weight is 877 g/mol. The summed E-state index contributed by atoms with van der Waals surface area (Å²) in [5.74, 6) is 0. The number of anilines is 5. The van der Waals surface area contributed by atoms with Crippen molar-refractivity contribution in [1.29, 1.82) is 0 Å². The Morgan fingerprint density at radius 3 is 1.63 bits per heavy atom. The van der Waals surface area contributed by atoms with Gasteiger partial charge in [0.1, 0.15) is 0 Å². The van der Waals surface area contributed by atoms with Gasteiger partial charge in [-0.1, -0.05) is 207 Å². The number of benzene rings is 9. The van der Waals surface area contributed by atoms with Crippen LogP contribution >= 0.6 is 0 Å². The van der Waals surface area contributed by atoms with Crippen LogP contribution in [0, 0.1) is 0 Å². The van der Waals surface area contributed by atoms with Crippen LogP contribution in [0.15, 0.2) is 200 Å². The van der Waals surface area contributed by atoms with E-state index in [1.54, 1.807) is 0 Å². The molecule has 0 radical (unpaired) electrons. The summed E-state index contributed by atoms with van der Waals surface area (Å²) in [5.41, 5.74) is 26.2. The summed E-state index contributed by atoms with van der Waals surface area (Å²) >= 11 is 0. The summed E-state index contributed by atoms with van der Waals surface area (Å²) in [4.78, 5) is 5.37. The fourth-order valence-corrected chi connectivity index (χ4v) is 11.6. The van der Waals surface area contributed by atoms with Crippen molar-refractivity contribution in [2.45, 2.75) is 71.6 Å².